The second-order valence-electron chi connectivity index (χ2n) is 2.35. The van der Waals surface area contributed by atoms with E-state index in [2.05, 4.69) is 61.7 Å². The zero-order valence-corrected chi connectivity index (χ0v) is 7.03. The molecule has 2 rings (SSSR count). The van der Waals surface area contributed by atoms with E-state index in [0.717, 1.165) is 0 Å². The molecule has 0 heterocycles. The van der Waals surface area contributed by atoms with E-state index in [9.17, 15) is 0 Å². The van der Waals surface area contributed by atoms with Crippen molar-refractivity contribution < 1.29 is 0 Å². The maximum absolute atomic E-state index is 3.00. The molecule has 0 fully saturated rings. The van der Waals surface area contributed by atoms with Gasteiger partial charge in [0.2, 0.25) is 0 Å². The van der Waals surface area contributed by atoms with Crippen LogP contribution in [0.4, 0.5) is 0 Å². The van der Waals surface area contributed by atoms with Crippen molar-refractivity contribution >= 4 is 10.8 Å². The van der Waals surface area contributed by atoms with E-state index in [4.69, 9.17) is 0 Å². The SMILES string of the molecule is C=C.c1ccc2ccccc2c1. The van der Waals surface area contributed by atoms with Crippen LogP contribution in [0.25, 0.3) is 10.8 Å². The molecular weight excluding hydrogens is 144 g/mol. The first kappa shape index (κ1) is 8.54. The maximum atomic E-state index is 3.00. The minimum absolute atomic E-state index is 1.31. The van der Waals surface area contributed by atoms with E-state index >= 15 is 0 Å². The quantitative estimate of drug-likeness (QED) is 0.511. The lowest BCUT2D eigenvalue weighted by Gasteiger charge is -1.92. The Balaban J connectivity index is 0.000000336. The highest BCUT2D eigenvalue weighted by Gasteiger charge is 1.85. The zero-order chi connectivity index (χ0) is 8.81. The highest BCUT2D eigenvalue weighted by molar-refractivity contribution is 5.81. The zero-order valence-electron chi connectivity index (χ0n) is 7.03. The van der Waals surface area contributed by atoms with Crippen LogP contribution >= 0.6 is 0 Å². The number of benzene rings is 2. The Hall–Kier alpha value is -1.56. The molecule has 2 aromatic carbocycles. The Morgan fingerprint density at radius 2 is 0.833 bits per heavy atom. The van der Waals surface area contributed by atoms with Crippen LogP contribution in [0, 0.1) is 0 Å². The fourth-order valence-corrected chi connectivity index (χ4v) is 1.13. The molecule has 12 heavy (non-hydrogen) atoms. The van der Waals surface area contributed by atoms with Crippen LogP contribution in [0.2, 0.25) is 0 Å². The highest BCUT2D eigenvalue weighted by atomic mass is 13.9. The maximum Gasteiger partial charge on any atom is -0.0184 e. The molecule has 0 saturated heterocycles. The van der Waals surface area contributed by atoms with Crippen LogP contribution in [0.15, 0.2) is 61.7 Å². The molecule has 0 heteroatoms. The first-order valence-electron chi connectivity index (χ1n) is 3.90. The summed E-state index contributed by atoms with van der Waals surface area (Å²) in [7, 11) is 0. The van der Waals surface area contributed by atoms with Crippen molar-refractivity contribution in [1.29, 1.82) is 0 Å². The summed E-state index contributed by atoms with van der Waals surface area (Å²) in [6.45, 7) is 6.00. The van der Waals surface area contributed by atoms with Gasteiger partial charge in [-0.05, 0) is 10.8 Å². The van der Waals surface area contributed by atoms with E-state index in [1.165, 1.54) is 10.8 Å². The Bertz CT molecular complexity index is 284. The van der Waals surface area contributed by atoms with Gasteiger partial charge in [0.05, 0.1) is 0 Å². The predicted octanol–water partition coefficient (Wildman–Crippen LogP) is 3.64. The van der Waals surface area contributed by atoms with Crippen LogP contribution in [0.1, 0.15) is 0 Å². The van der Waals surface area contributed by atoms with Gasteiger partial charge in [-0.3, -0.25) is 0 Å². The summed E-state index contributed by atoms with van der Waals surface area (Å²) in [4.78, 5) is 0. The molecule has 0 bridgehead atoms. The molecule has 2 aromatic rings. The first-order valence-corrected chi connectivity index (χ1v) is 3.90. The number of fused-ring (bicyclic) bond motifs is 1. The second-order valence-corrected chi connectivity index (χ2v) is 2.35. The summed E-state index contributed by atoms with van der Waals surface area (Å²) in [6.07, 6.45) is 0. The van der Waals surface area contributed by atoms with Crippen molar-refractivity contribution in [1.82, 2.24) is 0 Å². The number of rotatable bonds is 0. The molecule has 0 saturated carbocycles. The first-order chi connectivity index (χ1) is 5.97. The van der Waals surface area contributed by atoms with Crippen LogP contribution in [-0.2, 0) is 0 Å². The fraction of sp³-hybridized carbons (Fsp3) is 0. The smallest absolute Gasteiger partial charge is 0.0184 e. The Morgan fingerprint density at radius 1 is 0.583 bits per heavy atom. The van der Waals surface area contributed by atoms with Crippen LogP contribution in [0.3, 0.4) is 0 Å². The molecule has 0 aliphatic rings. The van der Waals surface area contributed by atoms with Gasteiger partial charge in [-0.2, -0.15) is 0 Å². The molecule has 0 radical (unpaired) electrons. The van der Waals surface area contributed by atoms with Gasteiger partial charge in [-0.25, -0.2) is 0 Å². The van der Waals surface area contributed by atoms with Gasteiger partial charge in [0.15, 0.2) is 0 Å². The average Bonchev–Trinajstić information content (AvgIpc) is 2.21. The third-order valence-corrected chi connectivity index (χ3v) is 1.66. The molecule has 0 aromatic heterocycles. The van der Waals surface area contributed by atoms with Crippen molar-refractivity contribution in [3.63, 3.8) is 0 Å². The standard InChI is InChI=1S/C10H8.C2H4/c1-2-6-10-8-4-3-7-9(10)5-1;1-2/h1-8H;1-2H2. The van der Waals surface area contributed by atoms with Crippen LogP contribution in [-0.4, -0.2) is 0 Å². The molecule has 0 nitrogen and oxygen atoms in total. The molecule has 0 aliphatic carbocycles. The normalized spacial score (nSPS) is 8.67. The van der Waals surface area contributed by atoms with E-state index in [1.807, 2.05) is 0 Å². The van der Waals surface area contributed by atoms with E-state index in [1.54, 1.807) is 0 Å². The molecule has 0 unspecified atom stereocenters. The van der Waals surface area contributed by atoms with E-state index < -0.39 is 0 Å². The largest absolute Gasteiger partial charge is 0.106 e. The summed E-state index contributed by atoms with van der Waals surface area (Å²) in [5.74, 6) is 0. The fourth-order valence-electron chi connectivity index (χ4n) is 1.13. The lowest BCUT2D eigenvalue weighted by atomic mass is 10.1. The second kappa shape index (κ2) is 4.35. The van der Waals surface area contributed by atoms with Crippen molar-refractivity contribution in [2.24, 2.45) is 0 Å². The minimum atomic E-state index is 1.31. The summed E-state index contributed by atoms with van der Waals surface area (Å²) >= 11 is 0. The Morgan fingerprint density at radius 3 is 1.08 bits per heavy atom. The minimum Gasteiger partial charge on any atom is -0.106 e. The molecule has 0 amide bonds. The topological polar surface area (TPSA) is 0 Å². The summed E-state index contributed by atoms with van der Waals surface area (Å²) in [5, 5.41) is 2.62. The van der Waals surface area contributed by atoms with Crippen LogP contribution in [0.5, 0.6) is 0 Å². The van der Waals surface area contributed by atoms with Gasteiger partial charge in [0, 0.05) is 0 Å². The van der Waals surface area contributed by atoms with Gasteiger partial charge < -0.3 is 0 Å². The number of hydrogen-bond donors (Lipinski definition) is 0. The van der Waals surface area contributed by atoms with Crippen LogP contribution < -0.4 is 0 Å². The molecule has 0 N–H and O–H groups in total. The van der Waals surface area contributed by atoms with Crippen molar-refractivity contribution in [3.8, 4) is 0 Å². The van der Waals surface area contributed by atoms with E-state index in [0.29, 0.717) is 0 Å². The van der Waals surface area contributed by atoms with Gasteiger partial charge in [-0.1, -0.05) is 48.5 Å². The summed E-state index contributed by atoms with van der Waals surface area (Å²) < 4.78 is 0. The van der Waals surface area contributed by atoms with Gasteiger partial charge in [0.25, 0.3) is 0 Å². The lowest BCUT2D eigenvalue weighted by Crippen LogP contribution is -1.67. The Labute approximate surface area is 73.2 Å². The highest BCUT2D eigenvalue weighted by Crippen LogP contribution is 2.11. The third kappa shape index (κ3) is 1.73. The van der Waals surface area contributed by atoms with Gasteiger partial charge >= 0.3 is 0 Å². The van der Waals surface area contributed by atoms with Crippen molar-refractivity contribution in [3.05, 3.63) is 61.7 Å². The molecular formula is C12H12. The molecule has 0 aliphatic heterocycles. The van der Waals surface area contributed by atoms with Gasteiger partial charge in [-0.15, -0.1) is 13.2 Å². The molecule has 60 valence electrons. The average molecular weight is 156 g/mol. The molecule has 0 atom stereocenters. The number of hydrogen-bond acceptors (Lipinski definition) is 0. The molecule has 0 spiro atoms. The van der Waals surface area contributed by atoms with E-state index in [-0.39, 0.29) is 0 Å². The van der Waals surface area contributed by atoms with Crippen molar-refractivity contribution in [2.75, 3.05) is 0 Å². The lowest BCUT2D eigenvalue weighted by molar-refractivity contribution is 1.75. The van der Waals surface area contributed by atoms with Crippen molar-refractivity contribution in [2.45, 2.75) is 0 Å². The third-order valence-electron chi connectivity index (χ3n) is 1.66. The summed E-state index contributed by atoms with van der Waals surface area (Å²) in [5.41, 5.74) is 0. The Kier molecular flexibility index (Phi) is 3.09. The van der Waals surface area contributed by atoms with Gasteiger partial charge in [0.1, 0.15) is 0 Å². The summed E-state index contributed by atoms with van der Waals surface area (Å²) in [6, 6.07) is 16.7. The monoisotopic (exact) mass is 156 g/mol. The predicted molar refractivity (Wildman–Crippen MR) is 55.2 cm³/mol.